The van der Waals surface area contributed by atoms with Crippen molar-refractivity contribution in [1.82, 2.24) is 14.9 Å². The average molecular weight is 275 g/mol. The van der Waals surface area contributed by atoms with Crippen LogP contribution in [0.3, 0.4) is 0 Å². The lowest BCUT2D eigenvalue weighted by atomic mass is 10.2. The van der Waals surface area contributed by atoms with E-state index in [1.54, 1.807) is 0 Å². The van der Waals surface area contributed by atoms with Gasteiger partial charge < -0.3 is 10.6 Å². The van der Waals surface area contributed by atoms with Crippen molar-refractivity contribution in [3.8, 4) is 0 Å². The molecule has 5 heteroatoms. The van der Waals surface area contributed by atoms with Crippen LogP contribution in [-0.2, 0) is 6.54 Å². The van der Waals surface area contributed by atoms with E-state index in [2.05, 4.69) is 19.8 Å². The van der Waals surface area contributed by atoms with Crippen LogP contribution in [0.5, 0.6) is 0 Å². The molecule has 2 fully saturated rings. The molecule has 5 nitrogen and oxygen atoms in total. The van der Waals surface area contributed by atoms with Gasteiger partial charge >= 0.3 is 0 Å². The maximum Gasteiger partial charge on any atom is 0.225 e. The number of hydrogen-bond acceptors (Lipinski definition) is 5. The molecule has 1 aliphatic heterocycles. The molecule has 0 atom stereocenters. The lowest BCUT2D eigenvalue weighted by Gasteiger charge is -2.38. The quantitative estimate of drug-likeness (QED) is 0.901. The topological polar surface area (TPSA) is 58.3 Å². The van der Waals surface area contributed by atoms with Crippen LogP contribution in [-0.4, -0.2) is 47.1 Å². The van der Waals surface area contributed by atoms with E-state index in [4.69, 9.17) is 5.73 Å². The molecule has 1 saturated carbocycles. The summed E-state index contributed by atoms with van der Waals surface area (Å²) in [6, 6.07) is 2.80. The summed E-state index contributed by atoms with van der Waals surface area (Å²) in [5.74, 6) is 0.858. The maximum absolute atomic E-state index is 5.70. The summed E-state index contributed by atoms with van der Waals surface area (Å²) in [5, 5.41) is 0. The zero-order valence-electron chi connectivity index (χ0n) is 12.4. The van der Waals surface area contributed by atoms with Gasteiger partial charge in [0.15, 0.2) is 0 Å². The van der Waals surface area contributed by atoms with Crippen LogP contribution in [0.2, 0.25) is 0 Å². The average Bonchev–Trinajstić information content (AvgIpc) is 3.01. The van der Waals surface area contributed by atoms with Gasteiger partial charge in [0.2, 0.25) is 5.95 Å². The Morgan fingerprint density at radius 1 is 1.15 bits per heavy atom. The van der Waals surface area contributed by atoms with E-state index >= 15 is 0 Å². The zero-order chi connectivity index (χ0) is 13.9. The van der Waals surface area contributed by atoms with Gasteiger partial charge in [-0.1, -0.05) is 12.8 Å². The molecule has 0 spiro atoms. The number of nitrogens with two attached hydrogens (primary N) is 1. The van der Waals surface area contributed by atoms with Crippen molar-refractivity contribution in [2.24, 2.45) is 5.73 Å². The molecule has 2 N–H and O–H groups in total. The third kappa shape index (κ3) is 2.94. The third-order valence-corrected chi connectivity index (χ3v) is 4.54. The highest BCUT2D eigenvalue weighted by molar-refractivity contribution is 5.33. The summed E-state index contributed by atoms with van der Waals surface area (Å²) in [5.41, 5.74) is 7.65. The fourth-order valence-electron chi connectivity index (χ4n) is 3.42. The van der Waals surface area contributed by atoms with Crippen molar-refractivity contribution in [2.45, 2.75) is 45.2 Å². The van der Waals surface area contributed by atoms with E-state index in [0.29, 0.717) is 6.54 Å². The second-order valence-corrected chi connectivity index (χ2v) is 5.97. The molecule has 0 aromatic carbocycles. The molecule has 1 aromatic heterocycles. The minimum atomic E-state index is 0.485. The summed E-state index contributed by atoms with van der Waals surface area (Å²) >= 11 is 0. The van der Waals surface area contributed by atoms with E-state index in [1.165, 1.54) is 25.7 Å². The van der Waals surface area contributed by atoms with Gasteiger partial charge in [-0.3, -0.25) is 4.90 Å². The SMILES string of the molecule is Cc1cc(CN)nc(N2CCN(C3CCCC3)CC2)n1. The molecule has 1 saturated heterocycles. The number of rotatable bonds is 3. The van der Waals surface area contributed by atoms with Crippen LogP contribution < -0.4 is 10.6 Å². The molecular formula is C15H25N5. The van der Waals surface area contributed by atoms with Gasteiger partial charge in [0, 0.05) is 44.5 Å². The number of aryl methyl sites for hydroxylation is 1. The van der Waals surface area contributed by atoms with Gasteiger partial charge in [-0.25, -0.2) is 9.97 Å². The molecule has 1 aromatic rings. The van der Waals surface area contributed by atoms with E-state index in [0.717, 1.165) is 49.6 Å². The summed E-state index contributed by atoms with van der Waals surface area (Å²) in [6.07, 6.45) is 5.59. The van der Waals surface area contributed by atoms with Gasteiger partial charge in [-0.15, -0.1) is 0 Å². The van der Waals surface area contributed by atoms with E-state index in [9.17, 15) is 0 Å². The van der Waals surface area contributed by atoms with Crippen LogP contribution >= 0.6 is 0 Å². The summed E-state index contributed by atoms with van der Waals surface area (Å²) < 4.78 is 0. The van der Waals surface area contributed by atoms with Crippen LogP contribution in [0.25, 0.3) is 0 Å². The van der Waals surface area contributed by atoms with Crippen LogP contribution in [0.4, 0.5) is 5.95 Å². The lowest BCUT2D eigenvalue weighted by Crippen LogP contribution is -2.50. The minimum absolute atomic E-state index is 0.485. The highest BCUT2D eigenvalue weighted by Gasteiger charge is 2.26. The van der Waals surface area contributed by atoms with Crippen molar-refractivity contribution < 1.29 is 0 Å². The fraction of sp³-hybridized carbons (Fsp3) is 0.733. The second-order valence-electron chi connectivity index (χ2n) is 5.97. The Balaban J connectivity index is 1.64. The molecule has 0 unspecified atom stereocenters. The Morgan fingerprint density at radius 2 is 1.85 bits per heavy atom. The summed E-state index contributed by atoms with van der Waals surface area (Å²) in [6.45, 7) is 6.84. The van der Waals surface area contributed by atoms with Crippen molar-refractivity contribution >= 4 is 5.95 Å². The van der Waals surface area contributed by atoms with Crippen molar-refractivity contribution in [3.05, 3.63) is 17.5 Å². The molecule has 2 aliphatic rings. The molecule has 110 valence electrons. The Bertz CT molecular complexity index is 448. The number of aromatic nitrogens is 2. The van der Waals surface area contributed by atoms with Gasteiger partial charge in [-0.2, -0.15) is 0 Å². The predicted molar refractivity (Wildman–Crippen MR) is 80.7 cm³/mol. The largest absolute Gasteiger partial charge is 0.338 e. The highest BCUT2D eigenvalue weighted by atomic mass is 15.3. The first kappa shape index (κ1) is 13.8. The number of anilines is 1. The van der Waals surface area contributed by atoms with Crippen molar-refractivity contribution in [3.63, 3.8) is 0 Å². The van der Waals surface area contributed by atoms with Gasteiger partial charge in [0.1, 0.15) is 0 Å². The lowest BCUT2D eigenvalue weighted by molar-refractivity contribution is 0.187. The Hall–Kier alpha value is -1.20. The minimum Gasteiger partial charge on any atom is -0.338 e. The summed E-state index contributed by atoms with van der Waals surface area (Å²) in [7, 11) is 0. The van der Waals surface area contributed by atoms with Gasteiger partial charge in [0.25, 0.3) is 0 Å². The molecule has 0 amide bonds. The zero-order valence-corrected chi connectivity index (χ0v) is 12.4. The molecule has 20 heavy (non-hydrogen) atoms. The molecule has 3 rings (SSSR count). The molecule has 0 bridgehead atoms. The first-order valence-electron chi connectivity index (χ1n) is 7.80. The summed E-state index contributed by atoms with van der Waals surface area (Å²) in [4.78, 5) is 14.1. The predicted octanol–water partition coefficient (Wildman–Crippen LogP) is 1.31. The van der Waals surface area contributed by atoms with Crippen LogP contribution in [0.15, 0.2) is 6.07 Å². The smallest absolute Gasteiger partial charge is 0.225 e. The molecular weight excluding hydrogens is 250 g/mol. The number of nitrogens with zero attached hydrogens (tertiary/aromatic N) is 4. The normalized spacial score (nSPS) is 21.6. The van der Waals surface area contributed by atoms with Crippen molar-refractivity contribution in [2.75, 3.05) is 31.1 Å². The second kappa shape index (κ2) is 6.06. The number of hydrogen-bond donors (Lipinski definition) is 1. The Kier molecular flexibility index (Phi) is 4.17. The van der Waals surface area contributed by atoms with Crippen LogP contribution in [0.1, 0.15) is 37.1 Å². The third-order valence-electron chi connectivity index (χ3n) is 4.54. The van der Waals surface area contributed by atoms with Gasteiger partial charge in [0.05, 0.1) is 5.69 Å². The van der Waals surface area contributed by atoms with Gasteiger partial charge in [-0.05, 0) is 25.8 Å². The van der Waals surface area contributed by atoms with E-state index in [1.807, 2.05) is 13.0 Å². The molecule has 1 aliphatic carbocycles. The monoisotopic (exact) mass is 275 g/mol. The fourth-order valence-corrected chi connectivity index (χ4v) is 3.42. The number of piperazine rings is 1. The highest BCUT2D eigenvalue weighted by Crippen LogP contribution is 2.25. The first-order valence-corrected chi connectivity index (χ1v) is 7.80. The van der Waals surface area contributed by atoms with Crippen molar-refractivity contribution in [1.29, 1.82) is 0 Å². The Morgan fingerprint density at radius 3 is 2.50 bits per heavy atom. The van der Waals surface area contributed by atoms with Crippen LogP contribution in [0, 0.1) is 6.92 Å². The Labute approximate surface area is 121 Å². The van der Waals surface area contributed by atoms with E-state index in [-0.39, 0.29) is 0 Å². The molecule has 2 heterocycles. The maximum atomic E-state index is 5.70. The first-order chi connectivity index (χ1) is 9.76. The molecule has 0 radical (unpaired) electrons. The standard InChI is InChI=1S/C15H25N5/c1-12-10-13(11-16)18-15(17-12)20-8-6-19(7-9-20)14-4-2-3-5-14/h10,14H,2-9,11,16H2,1H3. The van der Waals surface area contributed by atoms with E-state index < -0.39 is 0 Å².